The Labute approximate surface area is 104 Å². The van der Waals surface area contributed by atoms with Crippen LogP contribution in [0.4, 0.5) is 0 Å². The van der Waals surface area contributed by atoms with Gasteiger partial charge >= 0.3 is 0 Å². The number of para-hydroxylation sites is 1. The van der Waals surface area contributed by atoms with Crippen LogP contribution in [0, 0.1) is 11.8 Å². The third-order valence-corrected chi connectivity index (χ3v) is 3.62. The molecule has 1 saturated carbocycles. The molecule has 17 heavy (non-hydrogen) atoms. The molecule has 2 unspecified atom stereocenters. The van der Waals surface area contributed by atoms with Crippen molar-refractivity contribution < 1.29 is 4.74 Å². The number of ether oxygens (including phenoxy) is 1. The molecule has 2 N–H and O–H groups in total. The maximum atomic E-state index is 6.14. The number of benzene rings is 1. The summed E-state index contributed by atoms with van der Waals surface area (Å²) in [6, 6.07) is 8.11. The zero-order valence-corrected chi connectivity index (χ0v) is 10.9. The highest BCUT2D eigenvalue weighted by Gasteiger charge is 2.25. The summed E-state index contributed by atoms with van der Waals surface area (Å²) in [5.74, 6) is 2.52. The van der Waals surface area contributed by atoms with Crippen molar-refractivity contribution >= 4 is 0 Å². The molecule has 1 aromatic rings. The molecule has 1 aliphatic rings. The average Bonchev–Trinajstić information content (AvgIpc) is 2.28. The normalized spacial score (nSPS) is 29.0. The summed E-state index contributed by atoms with van der Waals surface area (Å²) in [6.45, 7) is 5.19. The maximum Gasteiger partial charge on any atom is 0.124 e. The Morgan fingerprint density at radius 3 is 2.41 bits per heavy atom. The zero-order chi connectivity index (χ0) is 12.3. The Hall–Kier alpha value is -1.02. The lowest BCUT2D eigenvalue weighted by atomic mass is 9.82. The van der Waals surface area contributed by atoms with Crippen LogP contribution in [0.5, 0.6) is 5.75 Å². The van der Waals surface area contributed by atoms with Gasteiger partial charge in [-0.05, 0) is 37.2 Å². The van der Waals surface area contributed by atoms with Crippen molar-refractivity contribution in [1.29, 1.82) is 0 Å². The average molecular weight is 233 g/mol. The highest BCUT2D eigenvalue weighted by atomic mass is 16.5. The van der Waals surface area contributed by atoms with Crippen LogP contribution in [0.15, 0.2) is 24.3 Å². The van der Waals surface area contributed by atoms with Gasteiger partial charge in [0, 0.05) is 12.1 Å². The van der Waals surface area contributed by atoms with Crippen LogP contribution in [0.2, 0.25) is 0 Å². The minimum Gasteiger partial charge on any atom is -0.490 e. The molecule has 0 bridgehead atoms. The second kappa shape index (κ2) is 5.54. The molecule has 0 heterocycles. The van der Waals surface area contributed by atoms with Crippen LogP contribution in [0.3, 0.4) is 0 Å². The van der Waals surface area contributed by atoms with Crippen molar-refractivity contribution in [3.05, 3.63) is 29.8 Å². The molecule has 1 aromatic carbocycles. The minimum absolute atomic E-state index is 0.362. The van der Waals surface area contributed by atoms with Gasteiger partial charge in [0.25, 0.3) is 0 Å². The molecule has 0 amide bonds. The first-order chi connectivity index (χ1) is 8.19. The fraction of sp³-hybridized carbons (Fsp3) is 0.600. The van der Waals surface area contributed by atoms with E-state index in [4.69, 9.17) is 10.5 Å². The van der Waals surface area contributed by atoms with Gasteiger partial charge in [0.15, 0.2) is 0 Å². The molecule has 2 atom stereocenters. The van der Waals surface area contributed by atoms with E-state index in [1.807, 2.05) is 24.3 Å². The molecule has 0 aromatic heterocycles. The molecule has 0 spiro atoms. The van der Waals surface area contributed by atoms with E-state index in [1.54, 1.807) is 0 Å². The number of hydrogen-bond acceptors (Lipinski definition) is 2. The van der Waals surface area contributed by atoms with Crippen molar-refractivity contribution in [3.63, 3.8) is 0 Å². The minimum atomic E-state index is 0.362. The van der Waals surface area contributed by atoms with Gasteiger partial charge in [0.05, 0.1) is 6.10 Å². The summed E-state index contributed by atoms with van der Waals surface area (Å²) < 4.78 is 6.14. The van der Waals surface area contributed by atoms with Crippen molar-refractivity contribution in [3.8, 4) is 5.75 Å². The van der Waals surface area contributed by atoms with E-state index in [-0.39, 0.29) is 0 Å². The van der Waals surface area contributed by atoms with Gasteiger partial charge in [-0.15, -0.1) is 0 Å². The molecule has 2 rings (SSSR count). The van der Waals surface area contributed by atoms with E-state index >= 15 is 0 Å². The first-order valence-corrected chi connectivity index (χ1v) is 6.63. The van der Waals surface area contributed by atoms with Crippen molar-refractivity contribution in [2.24, 2.45) is 17.6 Å². The molecule has 0 radical (unpaired) electrons. The van der Waals surface area contributed by atoms with Crippen molar-refractivity contribution in [1.82, 2.24) is 0 Å². The molecule has 1 fully saturated rings. The lowest BCUT2D eigenvalue weighted by Gasteiger charge is -2.32. The van der Waals surface area contributed by atoms with Crippen molar-refractivity contribution in [2.45, 2.75) is 45.8 Å². The summed E-state index contributed by atoms with van der Waals surface area (Å²) in [5, 5.41) is 0. The third-order valence-electron chi connectivity index (χ3n) is 3.62. The van der Waals surface area contributed by atoms with Crippen LogP contribution in [-0.4, -0.2) is 6.10 Å². The monoisotopic (exact) mass is 233 g/mol. The molecule has 2 nitrogen and oxygen atoms in total. The van der Waals surface area contributed by atoms with Gasteiger partial charge in [-0.25, -0.2) is 0 Å². The van der Waals surface area contributed by atoms with E-state index < -0.39 is 0 Å². The summed E-state index contributed by atoms with van der Waals surface area (Å²) in [6.07, 6.45) is 4.03. The van der Waals surface area contributed by atoms with Gasteiger partial charge in [0.2, 0.25) is 0 Å². The Balaban J connectivity index is 2.04. The van der Waals surface area contributed by atoms with Crippen LogP contribution in [0.25, 0.3) is 0 Å². The van der Waals surface area contributed by atoms with Crippen molar-refractivity contribution in [2.75, 3.05) is 0 Å². The van der Waals surface area contributed by atoms with E-state index in [0.29, 0.717) is 12.6 Å². The smallest absolute Gasteiger partial charge is 0.124 e. The van der Waals surface area contributed by atoms with Crippen LogP contribution in [-0.2, 0) is 6.54 Å². The Morgan fingerprint density at radius 2 is 1.76 bits per heavy atom. The van der Waals surface area contributed by atoms with E-state index in [9.17, 15) is 0 Å². The Morgan fingerprint density at radius 1 is 1.12 bits per heavy atom. The first-order valence-electron chi connectivity index (χ1n) is 6.63. The number of rotatable bonds is 3. The maximum absolute atomic E-state index is 6.14. The largest absolute Gasteiger partial charge is 0.490 e. The molecule has 94 valence electrons. The van der Waals surface area contributed by atoms with Gasteiger partial charge in [-0.1, -0.05) is 32.0 Å². The summed E-state index contributed by atoms with van der Waals surface area (Å²) >= 11 is 0. The van der Waals surface area contributed by atoms with E-state index in [1.165, 1.54) is 19.3 Å². The van der Waals surface area contributed by atoms with Gasteiger partial charge in [0.1, 0.15) is 5.75 Å². The quantitative estimate of drug-likeness (QED) is 0.869. The highest BCUT2D eigenvalue weighted by Crippen LogP contribution is 2.32. The highest BCUT2D eigenvalue weighted by molar-refractivity contribution is 5.33. The summed E-state index contributed by atoms with van der Waals surface area (Å²) in [4.78, 5) is 0. The molecule has 2 heteroatoms. The molecular weight excluding hydrogens is 210 g/mol. The summed E-state index contributed by atoms with van der Waals surface area (Å²) in [5.41, 5.74) is 6.84. The van der Waals surface area contributed by atoms with Crippen LogP contribution in [0.1, 0.15) is 38.7 Å². The van der Waals surface area contributed by atoms with Gasteiger partial charge < -0.3 is 10.5 Å². The molecule has 0 saturated heterocycles. The summed E-state index contributed by atoms with van der Waals surface area (Å²) in [7, 11) is 0. The molecule has 1 aliphatic carbocycles. The van der Waals surface area contributed by atoms with E-state index in [0.717, 1.165) is 23.1 Å². The third kappa shape index (κ3) is 3.22. The Bertz CT molecular complexity index is 354. The topological polar surface area (TPSA) is 35.2 Å². The molecular formula is C15H23NO. The predicted molar refractivity (Wildman–Crippen MR) is 70.9 cm³/mol. The standard InChI is InChI=1S/C15H23NO/c1-11-7-12(2)9-14(8-11)17-15-6-4-3-5-13(15)10-16/h3-6,11-12,14H,7-10,16H2,1-2H3. The fourth-order valence-corrected chi connectivity index (χ4v) is 2.94. The fourth-order valence-electron chi connectivity index (χ4n) is 2.94. The van der Waals surface area contributed by atoms with Gasteiger partial charge in [-0.3, -0.25) is 0 Å². The van der Waals surface area contributed by atoms with Crippen LogP contribution >= 0.6 is 0 Å². The second-order valence-electron chi connectivity index (χ2n) is 5.47. The van der Waals surface area contributed by atoms with Crippen LogP contribution < -0.4 is 10.5 Å². The second-order valence-corrected chi connectivity index (χ2v) is 5.47. The van der Waals surface area contributed by atoms with Gasteiger partial charge in [-0.2, -0.15) is 0 Å². The van der Waals surface area contributed by atoms with E-state index in [2.05, 4.69) is 13.8 Å². The zero-order valence-electron chi connectivity index (χ0n) is 10.9. The first kappa shape index (κ1) is 12.4. The Kier molecular flexibility index (Phi) is 4.06. The number of nitrogens with two attached hydrogens (primary N) is 1. The molecule has 0 aliphatic heterocycles. The number of hydrogen-bond donors (Lipinski definition) is 1. The predicted octanol–water partition coefficient (Wildman–Crippen LogP) is 3.35. The SMILES string of the molecule is CC1CC(C)CC(Oc2ccccc2CN)C1. The lowest BCUT2D eigenvalue weighted by molar-refractivity contribution is 0.100. The lowest BCUT2D eigenvalue weighted by Crippen LogP contribution is -2.28.